The van der Waals surface area contributed by atoms with Crippen molar-refractivity contribution < 1.29 is 4.39 Å². The zero-order valence-electron chi connectivity index (χ0n) is 7.65. The van der Waals surface area contributed by atoms with Crippen LogP contribution < -0.4 is 5.32 Å². The molecule has 1 aliphatic rings. The minimum Gasteiger partial charge on any atom is -0.311 e. The lowest BCUT2D eigenvalue weighted by atomic mass is 9.83. The average molecular weight is 159 g/mol. The highest BCUT2D eigenvalue weighted by molar-refractivity contribution is 4.90. The Bertz CT molecular complexity index is 126. The Hall–Kier alpha value is -0.110. The number of alkyl halides is 1. The quantitative estimate of drug-likeness (QED) is 0.618. The van der Waals surface area contributed by atoms with Crippen molar-refractivity contribution in [3.05, 3.63) is 0 Å². The molecule has 1 N–H and O–H groups in total. The molecular formula is C9H18FN. The van der Waals surface area contributed by atoms with Gasteiger partial charge in [0.2, 0.25) is 0 Å². The van der Waals surface area contributed by atoms with Gasteiger partial charge in [0.05, 0.1) is 0 Å². The Morgan fingerprint density at radius 2 is 2.18 bits per heavy atom. The smallest absolute Gasteiger partial charge is 0.125 e. The van der Waals surface area contributed by atoms with Gasteiger partial charge in [0.15, 0.2) is 0 Å². The van der Waals surface area contributed by atoms with E-state index < -0.39 is 5.67 Å². The fourth-order valence-corrected chi connectivity index (χ4v) is 1.48. The molecular weight excluding hydrogens is 141 g/mol. The van der Waals surface area contributed by atoms with Gasteiger partial charge in [-0.3, -0.25) is 0 Å². The molecule has 1 aliphatic heterocycles. The highest BCUT2D eigenvalue weighted by Crippen LogP contribution is 2.30. The Labute approximate surface area is 68.4 Å². The summed E-state index contributed by atoms with van der Waals surface area (Å²) in [5.41, 5.74) is -0.952. The third-order valence-electron chi connectivity index (χ3n) is 2.77. The van der Waals surface area contributed by atoms with Crippen LogP contribution in [0.1, 0.15) is 33.6 Å². The second-order valence-electron chi connectivity index (χ2n) is 4.01. The van der Waals surface area contributed by atoms with Gasteiger partial charge in [0.1, 0.15) is 5.67 Å². The SMILES string of the molecule is CC1CCC(F)(C(C)C)CN1. The van der Waals surface area contributed by atoms with Crippen LogP contribution in [0, 0.1) is 5.92 Å². The molecule has 0 spiro atoms. The zero-order valence-corrected chi connectivity index (χ0v) is 7.65. The predicted molar refractivity (Wildman–Crippen MR) is 45.4 cm³/mol. The van der Waals surface area contributed by atoms with Crippen LogP contribution in [0.4, 0.5) is 4.39 Å². The molecule has 0 amide bonds. The first kappa shape index (κ1) is 8.98. The van der Waals surface area contributed by atoms with Crippen molar-refractivity contribution in [1.82, 2.24) is 5.32 Å². The first-order chi connectivity index (χ1) is 5.04. The van der Waals surface area contributed by atoms with Crippen molar-refractivity contribution in [3.63, 3.8) is 0 Å². The van der Waals surface area contributed by atoms with Gasteiger partial charge >= 0.3 is 0 Å². The van der Waals surface area contributed by atoms with Crippen LogP contribution in [-0.4, -0.2) is 18.3 Å². The first-order valence-electron chi connectivity index (χ1n) is 4.47. The maximum absolute atomic E-state index is 13.8. The van der Waals surface area contributed by atoms with Crippen LogP contribution in [0.5, 0.6) is 0 Å². The molecule has 1 fully saturated rings. The number of halogens is 1. The molecule has 1 saturated heterocycles. The summed E-state index contributed by atoms with van der Waals surface area (Å²) in [4.78, 5) is 0. The third-order valence-corrected chi connectivity index (χ3v) is 2.77. The summed E-state index contributed by atoms with van der Waals surface area (Å²) in [5, 5.41) is 3.18. The van der Waals surface area contributed by atoms with Gasteiger partial charge in [-0.1, -0.05) is 13.8 Å². The second kappa shape index (κ2) is 3.10. The lowest BCUT2D eigenvalue weighted by Crippen LogP contribution is -2.49. The lowest BCUT2D eigenvalue weighted by Gasteiger charge is -2.36. The van der Waals surface area contributed by atoms with E-state index in [1.54, 1.807) is 0 Å². The standard InChI is InChI=1S/C9H18FN/c1-7(2)9(10)5-4-8(3)11-6-9/h7-8,11H,4-6H2,1-3H3. The predicted octanol–water partition coefficient (Wildman–Crippen LogP) is 2.12. The molecule has 0 aliphatic carbocycles. The van der Waals surface area contributed by atoms with E-state index in [9.17, 15) is 4.39 Å². The minimum absolute atomic E-state index is 0.141. The average Bonchev–Trinajstić information content (AvgIpc) is 1.95. The van der Waals surface area contributed by atoms with Crippen LogP contribution in [0.2, 0.25) is 0 Å². The molecule has 0 saturated carbocycles. The van der Waals surface area contributed by atoms with Crippen molar-refractivity contribution in [2.24, 2.45) is 5.92 Å². The van der Waals surface area contributed by atoms with Crippen LogP contribution >= 0.6 is 0 Å². The molecule has 1 nitrogen and oxygen atoms in total. The van der Waals surface area contributed by atoms with E-state index in [4.69, 9.17) is 0 Å². The Kier molecular flexibility index (Phi) is 2.53. The van der Waals surface area contributed by atoms with Gasteiger partial charge in [-0.2, -0.15) is 0 Å². The van der Waals surface area contributed by atoms with Gasteiger partial charge < -0.3 is 5.32 Å². The second-order valence-corrected chi connectivity index (χ2v) is 4.01. The third kappa shape index (κ3) is 1.92. The molecule has 11 heavy (non-hydrogen) atoms. The van der Waals surface area contributed by atoms with Gasteiger partial charge in [0.25, 0.3) is 0 Å². The van der Waals surface area contributed by atoms with Crippen LogP contribution in [-0.2, 0) is 0 Å². The largest absolute Gasteiger partial charge is 0.311 e. The molecule has 0 radical (unpaired) electrons. The summed E-state index contributed by atoms with van der Waals surface area (Å²) in [7, 11) is 0. The maximum Gasteiger partial charge on any atom is 0.125 e. The summed E-state index contributed by atoms with van der Waals surface area (Å²) < 4.78 is 13.8. The molecule has 2 unspecified atom stereocenters. The van der Waals surface area contributed by atoms with E-state index >= 15 is 0 Å². The minimum atomic E-state index is -0.952. The topological polar surface area (TPSA) is 12.0 Å². The fraction of sp³-hybridized carbons (Fsp3) is 1.00. The van der Waals surface area contributed by atoms with Gasteiger partial charge in [-0.25, -0.2) is 4.39 Å². The highest BCUT2D eigenvalue weighted by Gasteiger charge is 2.36. The first-order valence-corrected chi connectivity index (χ1v) is 4.47. The van der Waals surface area contributed by atoms with Gasteiger partial charge in [-0.15, -0.1) is 0 Å². The summed E-state index contributed by atoms with van der Waals surface area (Å²) in [6.07, 6.45) is 1.69. The summed E-state index contributed by atoms with van der Waals surface area (Å²) in [6, 6.07) is 0.498. The normalized spacial score (nSPS) is 39.5. The monoisotopic (exact) mass is 159 g/mol. The van der Waals surface area contributed by atoms with E-state index in [1.807, 2.05) is 13.8 Å². The van der Waals surface area contributed by atoms with E-state index in [1.165, 1.54) is 0 Å². The lowest BCUT2D eigenvalue weighted by molar-refractivity contribution is 0.0577. The summed E-state index contributed by atoms with van der Waals surface area (Å²) in [5.74, 6) is 0.141. The summed E-state index contributed by atoms with van der Waals surface area (Å²) in [6.45, 7) is 6.56. The van der Waals surface area contributed by atoms with E-state index in [2.05, 4.69) is 12.2 Å². The van der Waals surface area contributed by atoms with Gasteiger partial charge in [0, 0.05) is 12.6 Å². The number of hydrogen-bond donors (Lipinski definition) is 1. The Balaban J connectivity index is 2.48. The number of nitrogens with one attached hydrogen (secondary N) is 1. The zero-order chi connectivity index (χ0) is 8.48. The van der Waals surface area contributed by atoms with Crippen molar-refractivity contribution in [2.75, 3.05) is 6.54 Å². The number of hydrogen-bond acceptors (Lipinski definition) is 1. The van der Waals surface area contributed by atoms with E-state index in [0.29, 0.717) is 12.6 Å². The maximum atomic E-state index is 13.8. The highest BCUT2D eigenvalue weighted by atomic mass is 19.1. The number of piperidine rings is 1. The van der Waals surface area contributed by atoms with Crippen LogP contribution in [0.15, 0.2) is 0 Å². The molecule has 0 aromatic rings. The summed E-state index contributed by atoms with van der Waals surface area (Å²) >= 11 is 0. The Morgan fingerprint density at radius 1 is 1.55 bits per heavy atom. The fourth-order valence-electron chi connectivity index (χ4n) is 1.48. The molecule has 1 heterocycles. The molecule has 1 rings (SSSR count). The van der Waals surface area contributed by atoms with Crippen molar-refractivity contribution in [2.45, 2.75) is 45.3 Å². The molecule has 66 valence electrons. The molecule has 2 atom stereocenters. The van der Waals surface area contributed by atoms with Crippen molar-refractivity contribution in [3.8, 4) is 0 Å². The van der Waals surface area contributed by atoms with Crippen LogP contribution in [0.3, 0.4) is 0 Å². The van der Waals surface area contributed by atoms with E-state index in [0.717, 1.165) is 12.8 Å². The molecule has 0 aromatic heterocycles. The Morgan fingerprint density at radius 3 is 2.55 bits per heavy atom. The van der Waals surface area contributed by atoms with Crippen LogP contribution in [0.25, 0.3) is 0 Å². The van der Waals surface area contributed by atoms with Crippen molar-refractivity contribution >= 4 is 0 Å². The number of rotatable bonds is 1. The molecule has 0 aromatic carbocycles. The van der Waals surface area contributed by atoms with Gasteiger partial charge in [-0.05, 0) is 25.7 Å². The molecule has 2 heteroatoms. The van der Waals surface area contributed by atoms with E-state index in [-0.39, 0.29) is 5.92 Å². The molecule has 0 bridgehead atoms. The van der Waals surface area contributed by atoms with Crippen molar-refractivity contribution in [1.29, 1.82) is 0 Å².